The third kappa shape index (κ3) is 3.92. The number of aryl methyl sites for hydroxylation is 1. The molecule has 3 aromatic rings. The van der Waals surface area contributed by atoms with Gasteiger partial charge in [-0.15, -0.1) is 10.2 Å². The van der Waals surface area contributed by atoms with Gasteiger partial charge in [-0.1, -0.05) is 55.3 Å². The van der Waals surface area contributed by atoms with Crippen molar-refractivity contribution in [2.45, 2.75) is 50.1 Å². The Hall–Kier alpha value is -2.34. The summed E-state index contributed by atoms with van der Waals surface area (Å²) in [6.07, 6.45) is 8.18. The Morgan fingerprint density at radius 1 is 1.14 bits per heavy atom. The monoisotopic (exact) mass is 395 g/mol. The van der Waals surface area contributed by atoms with Crippen LogP contribution in [0.15, 0.2) is 46.2 Å². The van der Waals surface area contributed by atoms with Crippen LogP contribution in [-0.4, -0.2) is 26.3 Å². The van der Waals surface area contributed by atoms with Crippen LogP contribution in [0.2, 0.25) is 0 Å². The predicted molar refractivity (Wildman–Crippen MR) is 111 cm³/mol. The number of hydrogen-bond donors (Lipinski definition) is 0. The second kappa shape index (κ2) is 8.35. The van der Waals surface area contributed by atoms with Crippen molar-refractivity contribution in [3.05, 3.63) is 53.5 Å². The average Bonchev–Trinajstić information content (AvgIpc) is 3.32. The van der Waals surface area contributed by atoms with E-state index in [1.54, 1.807) is 6.26 Å². The van der Waals surface area contributed by atoms with E-state index in [0.29, 0.717) is 11.7 Å². The van der Waals surface area contributed by atoms with Gasteiger partial charge in [-0.05, 0) is 37.3 Å². The average molecular weight is 396 g/mol. The van der Waals surface area contributed by atoms with Crippen LogP contribution in [0.4, 0.5) is 0 Å². The minimum atomic E-state index is 0.115. The highest BCUT2D eigenvalue weighted by molar-refractivity contribution is 7.99. The van der Waals surface area contributed by atoms with Gasteiger partial charge >= 0.3 is 0 Å². The lowest BCUT2D eigenvalue weighted by atomic mass is 9.84. The SMILES string of the molecule is Cc1occc1-c1nnc(SCC(=O)c2ccc(C3CCCCC3)cc2)n1C. The van der Waals surface area contributed by atoms with Gasteiger partial charge in [0.05, 0.1) is 17.6 Å². The summed E-state index contributed by atoms with van der Waals surface area (Å²) in [4.78, 5) is 12.6. The first-order chi connectivity index (χ1) is 13.6. The molecule has 0 amide bonds. The fourth-order valence-electron chi connectivity index (χ4n) is 3.88. The maximum absolute atomic E-state index is 12.6. The zero-order valence-corrected chi connectivity index (χ0v) is 17.2. The lowest BCUT2D eigenvalue weighted by Crippen LogP contribution is -2.07. The highest BCUT2D eigenvalue weighted by Crippen LogP contribution is 2.32. The zero-order valence-electron chi connectivity index (χ0n) is 16.4. The molecule has 2 aromatic heterocycles. The van der Waals surface area contributed by atoms with Crippen molar-refractivity contribution in [1.82, 2.24) is 14.8 Å². The molecule has 0 bridgehead atoms. The number of aromatic nitrogens is 3. The van der Waals surface area contributed by atoms with Crippen LogP contribution < -0.4 is 0 Å². The van der Waals surface area contributed by atoms with E-state index in [2.05, 4.69) is 22.3 Å². The van der Waals surface area contributed by atoms with Crippen molar-refractivity contribution in [1.29, 1.82) is 0 Å². The molecule has 6 heteroatoms. The first-order valence-corrected chi connectivity index (χ1v) is 10.8. The maximum atomic E-state index is 12.6. The number of benzene rings is 1. The van der Waals surface area contributed by atoms with Crippen LogP contribution in [0.5, 0.6) is 0 Å². The number of furan rings is 1. The molecule has 1 fully saturated rings. The van der Waals surface area contributed by atoms with Crippen molar-refractivity contribution >= 4 is 17.5 Å². The van der Waals surface area contributed by atoms with Gasteiger partial charge in [-0.25, -0.2) is 0 Å². The van der Waals surface area contributed by atoms with Gasteiger partial charge in [0.2, 0.25) is 0 Å². The summed E-state index contributed by atoms with van der Waals surface area (Å²) in [6.45, 7) is 1.90. The van der Waals surface area contributed by atoms with Crippen LogP contribution in [0, 0.1) is 6.92 Å². The van der Waals surface area contributed by atoms with E-state index >= 15 is 0 Å². The molecule has 0 aliphatic heterocycles. The second-order valence-corrected chi connectivity index (χ2v) is 8.37. The number of nitrogens with zero attached hydrogens (tertiary/aromatic N) is 3. The molecule has 2 heterocycles. The number of rotatable bonds is 6. The van der Waals surface area contributed by atoms with Crippen LogP contribution in [0.3, 0.4) is 0 Å². The number of Topliss-reactive ketones (excluding diaryl/α,β-unsaturated/α-hetero) is 1. The van der Waals surface area contributed by atoms with Gasteiger partial charge in [0.1, 0.15) is 5.76 Å². The standard InChI is InChI=1S/C22H25N3O2S/c1-15-19(12-13-27-15)21-23-24-22(25(21)2)28-14-20(26)18-10-8-17(9-11-18)16-6-4-3-5-7-16/h8-13,16H,3-7,14H2,1-2H3. The molecule has 4 rings (SSSR count). The molecule has 146 valence electrons. The molecular formula is C22H25N3O2S. The Morgan fingerprint density at radius 2 is 1.89 bits per heavy atom. The number of ketones is 1. The Morgan fingerprint density at radius 3 is 2.57 bits per heavy atom. The Kier molecular flexibility index (Phi) is 5.67. The molecule has 0 spiro atoms. The van der Waals surface area contributed by atoms with Gasteiger partial charge in [0.25, 0.3) is 0 Å². The lowest BCUT2D eigenvalue weighted by molar-refractivity contribution is 0.102. The molecule has 0 N–H and O–H groups in total. The van der Waals surface area contributed by atoms with Gasteiger partial charge < -0.3 is 8.98 Å². The van der Waals surface area contributed by atoms with Gasteiger partial charge in [0, 0.05) is 12.6 Å². The van der Waals surface area contributed by atoms with Crippen LogP contribution in [0.25, 0.3) is 11.4 Å². The molecule has 1 aromatic carbocycles. The Balaban J connectivity index is 1.39. The smallest absolute Gasteiger partial charge is 0.191 e. The predicted octanol–water partition coefficient (Wildman–Crippen LogP) is 5.41. The van der Waals surface area contributed by atoms with Gasteiger partial charge in [-0.2, -0.15) is 0 Å². The molecule has 28 heavy (non-hydrogen) atoms. The summed E-state index contributed by atoms with van der Waals surface area (Å²) in [6, 6.07) is 10.1. The molecule has 1 aliphatic rings. The zero-order chi connectivity index (χ0) is 19.5. The van der Waals surface area contributed by atoms with Crippen LogP contribution in [0.1, 0.15) is 59.7 Å². The van der Waals surface area contributed by atoms with E-state index in [0.717, 1.165) is 27.9 Å². The summed E-state index contributed by atoms with van der Waals surface area (Å²) in [5, 5.41) is 9.21. The molecule has 5 nitrogen and oxygen atoms in total. The van der Waals surface area contributed by atoms with E-state index in [-0.39, 0.29) is 5.78 Å². The highest BCUT2D eigenvalue weighted by Gasteiger charge is 2.18. The van der Waals surface area contributed by atoms with E-state index in [1.807, 2.05) is 36.7 Å². The molecule has 0 radical (unpaired) electrons. The summed E-state index contributed by atoms with van der Waals surface area (Å²) < 4.78 is 7.26. The summed E-state index contributed by atoms with van der Waals surface area (Å²) >= 11 is 1.42. The van der Waals surface area contributed by atoms with E-state index in [4.69, 9.17) is 4.42 Å². The van der Waals surface area contributed by atoms with E-state index < -0.39 is 0 Å². The van der Waals surface area contributed by atoms with Crippen molar-refractivity contribution in [2.75, 3.05) is 5.75 Å². The molecule has 0 atom stereocenters. The van der Waals surface area contributed by atoms with E-state index in [9.17, 15) is 4.79 Å². The number of hydrogen-bond acceptors (Lipinski definition) is 5. The third-order valence-electron chi connectivity index (χ3n) is 5.58. The summed E-state index contributed by atoms with van der Waals surface area (Å²) in [7, 11) is 1.91. The first kappa shape index (κ1) is 19.0. The van der Waals surface area contributed by atoms with Gasteiger partial charge in [-0.3, -0.25) is 4.79 Å². The number of thioether (sulfide) groups is 1. The number of carbonyl (C=O) groups excluding carboxylic acids is 1. The maximum Gasteiger partial charge on any atom is 0.191 e. The van der Waals surface area contributed by atoms with Crippen molar-refractivity contribution < 1.29 is 9.21 Å². The normalized spacial score (nSPS) is 15.1. The fraction of sp³-hybridized carbons (Fsp3) is 0.409. The fourth-order valence-corrected chi connectivity index (χ4v) is 4.69. The van der Waals surface area contributed by atoms with Crippen LogP contribution in [-0.2, 0) is 7.05 Å². The van der Waals surface area contributed by atoms with Gasteiger partial charge in [0.15, 0.2) is 16.8 Å². The lowest BCUT2D eigenvalue weighted by Gasteiger charge is -2.22. The Labute approximate surface area is 169 Å². The minimum absolute atomic E-state index is 0.115. The summed E-state index contributed by atoms with van der Waals surface area (Å²) in [5.41, 5.74) is 3.06. The largest absolute Gasteiger partial charge is 0.469 e. The molecule has 1 aliphatic carbocycles. The first-order valence-electron chi connectivity index (χ1n) is 9.83. The van der Waals surface area contributed by atoms with Crippen molar-refractivity contribution in [2.24, 2.45) is 7.05 Å². The molecule has 1 saturated carbocycles. The minimum Gasteiger partial charge on any atom is -0.469 e. The van der Waals surface area contributed by atoms with Crippen molar-refractivity contribution in [3.63, 3.8) is 0 Å². The summed E-state index contributed by atoms with van der Waals surface area (Å²) in [5.74, 6) is 2.68. The number of carbonyl (C=O) groups is 1. The third-order valence-corrected chi connectivity index (χ3v) is 6.60. The highest BCUT2D eigenvalue weighted by atomic mass is 32.2. The Bertz CT molecular complexity index is 953. The quantitative estimate of drug-likeness (QED) is 0.413. The van der Waals surface area contributed by atoms with Crippen molar-refractivity contribution in [3.8, 4) is 11.4 Å². The topological polar surface area (TPSA) is 60.9 Å². The molecular weight excluding hydrogens is 370 g/mol. The second-order valence-electron chi connectivity index (χ2n) is 7.42. The van der Waals surface area contributed by atoms with Crippen LogP contribution >= 0.6 is 11.8 Å². The van der Waals surface area contributed by atoms with E-state index in [1.165, 1.54) is 49.4 Å². The molecule has 0 unspecified atom stereocenters. The molecule has 0 saturated heterocycles.